The van der Waals surface area contributed by atoms with Crippen molar-refractivity contribution in [3.63, 3.8) is 0 Å². The molecule has 1 aromatic carbocycles. The van der Waals surface area contributed by atoms with E-state index in [9.17, 15) is 9.59 Å². The standard InChI is InChI=1S/C16H22ClN3O2.ClH/c17-14-4-2-13(3-5-14)16(22)20-10-9-19-15(21)6-1-12-7-8-18-11-12;/h2-5,12,18H,1,6-11H2,(H,19,21)(H,20,22);1H. The summed E-state index contributed by atoms with van der Waals surface area (Å²) >= 11 is 5.77. The van der Waals surface area contributed by atoms with Crippen LogP contribution < -0.4 is 16.0 Å². The second-order valence-electron chi connectivity index (χ2n) is 5.51. The average Bonchev–Trinajstić information content (AvgIpc) is 3.03. The van der Waals surface area contributed by atoms with Gasteiger partial charge in [0.05, 0.1) is 0 Å². The molecule has 0 saturated carbocycles. The molecule has 2 amide bonds. The predicted octanol–water partition coefficient (Wildman–Crippen LogP) is 2.00. The van der Waals surface area contributed by atoms with Gasteiger partial charge in [0, 0.05) is 30.1 Å². The Labute approximate surface area is 148 Å². The molecule has 128 valence electrons. The van der Waals surface area contributed by atoms with Gasteiger partial charge in [0.2, 0.25) is 5.91 Å². The van der Waals surface area contributed by atoms with E-state index in [0.29, 0.717) is 36.0 Å². The first-order valence-electron chi connectivity index (χ1n) is 7.66. The fourth-order valence-electron chi connectivity index (χ4n) is 2.47. The zero-order valence-electron chi connectivity index (χ0n) is 12.9. The number of halogens is 2. The number of amides is 2. The number of carbonyl (C=O) groups is 2. The van der Waals surface area contributed by atoms with Crippen LogP contribution >= 0.6 is 24.0 Å². The third kappa shape index (κ3) is 7.20. The lowest BCUT2D eigenvalue weighted by atomic mass is 10.0. The normalized spacial score (nSPS) is 16.5. The van der Waals surface area contributed by atoms with E-state index in [4.69, 9.17) is 11.6 Å². The first kappa shape index (κ1) is 19.7. The van der Waals surface area contributed by atoms with E-state index in [2.05, 4.69) is 16.0 Å². The summed E-state index contributed by atoms with van der Waals surface area (Å²) in [6, 6.07) is 6.70. The molecule has 0 bridgehead atoms. The average molecular weight is 360 g/mol. The molecule has 0 spiro atoms. The monoisotopic (exact) mass is 359 g/mol. The highest BCUT2D eigenvalue weighted by Gasteiger charge is 2.15. The fraction of sp³-hybridized carbons (Fsp3) is 0.500. The van der Waals surface area contributed by atoms with E-state index in [-0.39, 0.29) is 24.2 Å². The van der Waals surface area contributed by atoms with Crippen LogP contribution in [0.2, 0.25) is 5.02 Å². The highest BCUT2D eigenvalue weighted by Crippen LogP contribution is 2.13. The molecular weight excluding hydrogens is 337 g/mol. The van der Waals surface area contributed by atoms with Crippen LogP contribution in [0.4, 0.5) is 0 Å². The van der Waals surface area contributed by atoms with Gasteiger partial charge in [0.15, 0.2) is 0 Å². The summed E-state index contributed by atoms with van der Waals surface area (Å²) in [4.78, 5) is 23.5. The maximum Gasteiger partial charge on any atom is 0.251 e. The van der Waals surface area contributed by atoms with Gasteiger partial charge in [0.25, 0.3) is 5.91 Å². The van der Waals surface area contributed by atoms with Crippen LogP contribution in [0.3, 0.4) is 0 Å². The minimum absolute atomic E-state index is 0. The molecule has 1 atom stereocenters. The lowest BCUT2D eigenvalue weighted by Crippen LogP contribution is -2.34. The van der Waals surface area contributed by atoms with Gasteiger partial charge >= 0.3 is 0 Å². The molecule has 1 unspecified atom stereocenters. The van der Waals surface area contributed by atoms with Crippen molar-refractivity contribution in [1.82, 2.24) is 16.0 Å². The highest BCUT2D eigenvalue weighted by molar-refractivity contribution is 6.30. The van der Waals surface area contributed by atoms with Crippen LogP contribution in [0, 0.1) is 5.92 Å². The van der Waals surface area contributed by atoms with Crippen molar-refractivity contribution in [1.29, 1.82) is 0 Å². The largest absolute Gasteiger partial charge is 0.354 e. The second kappa shape index (κ2) is 10.5. The summed E-state index contributed by atoms with van der Waals surface area (Å²) in [6.45, 7) is 2.94. The first-order valence-corrected chi connectivity index (χ1v) is 8.04. The van der Waals surface area contributed by atoms with Gasteiger partial charge in [-0.3, -0.25) is 9.59 Å². The van der Waals surface area contributed by atoms with Crippen molar-refractivity contribution in [2.75, 3.05) is 26.2 Å². The highest BCUT2D eigenvalue weighted by atomic mass is 35.5. The number of hydrogen-bond donors (Lipinski definition) is 3. The topological polar surface area (TPSA) is 70.2 Å². The molecule has 1 saturated heterocycles. The second-order valence-corrected chi connectivity index (χ2v) is 5.95. The molecule has 5 nitrogen and oxygen atoms in total. The number of hydrogen-bond acceptors (Lipinski definition) is 3. The Balaban J connectivity index is 0.00000264. The SMILES string of the molecule is Cl.O=C(CCC1CCNC1)NCCNC(=O)c1ccc(Cl)cc1. The van der Waals surface area contributed by atoms with E-state index in [0.717, 1.165) is 25.9 Å². The lowest BCUT2D eigenvalue weighted by molar-refractivity contribution is -0.121. The molecule has 2 rings (SSSR count). The smallest absolute Gasteiger partial charge is 0.251 e. The van der Waals surface area contributed by atoms with E-state index in [1.165, 1.54) is 0 Å². The zero-order valence-corrected chi connectivity index (χ0v) is 14.5. The Bertz CT molecular complexity index is 503. The molecule has 1 aromatic rings. The fourth-order valence-corrected chi connectivity index (χ4v) is 2.59. The lowest BCUT2D eigenvalue weighted by Gasteiger charge is -2.09. The quantitative estimate of drug-likeness (QED) is 0.652. The Hall–Kier alpha value is -1.30. The molecule has 3 N–H and O–H groups in total. The molecule has 1 heterocycles. The summed E-state index contributed by atoms with van der Waals surface area (Å²) in [5, 5.41) is 9.48. The molecule has 0 radical (unpaired) electrons. The van der Waals surface area contributed by atoms with Crippen molar-refractivity contribution in [2.45, 2.75) is 19.3 Å². The van der Waals surface area contributed by atoms with Crippen LogP contribution in [0.1, 0.15) is 29.6 Å². The Kier molecular flexibility index (Phi) is 8.99. The van der Waals surface area contributed by atoms with Crippen LogP contribution in [0.5, 0.6) is 0 Å². The van der Waals surface area contributed by atoms with E-state index >= 15 is 0 Å². The minimum atomic E-state index is -0.164. The van der Waals surface area contributed by atoms with Gasteiger partial charge in [-0.25, -0.2) is 0 Å². The van der Waals surface area contributed by atoms with Crippen molar-refractivity contribution >= 4 is 35.8 Å². The molecule has 23 heavy (non-hydrogen) atoms. The van der Waals surface area contributed by atoms with Gasteiger partial charge < -0.3 is 16.0 Å². The van der Waals surface area contributed by atoms with Crippen molar-refractivity contribution in [3.8, 4) is 0 Å². The van der Waals surface area contributed by atoms with E-state index < -0.39 is 0 Å². The molecule has 0 aliphatic carbocycles. The molecule has 0 aromatic heterocycles. The van der Waals surface area contributed by atoms with Crippen LogP contribution in [-0.4, -0.2) is 38.0 Å². The maximum absolute atomic E-state index is 11.8. The van der Waals surface area contributed by atoms with Crippen LogP contribution in [0.15, 0.2) is 24.3 Å². The summed E-state index contributed by atoms with van der Waals surface area (Å²) in [5.74, 6) is 0.506. The van der Waals surface area contributed by atoms with Crippen molar-refractivity contribution in [3.05, 3.63) is 34.9 Å². The molecule has 7 heteroatoms. The van der Waals surface area contributed by atoms with Gasteiger partial charge in [0.1, 0.15) is 0 Å². The predicted molar refractivity (Wildman–Crippen MR) is 94.3 cm³/mol. The van der Waals surface area contributed by atoms with Crippen molar-refractivity contribution < 1.29 is 9.59 Å². The molecule has 1 aliphatic heterocycles. The zero-order chi connectivity index (χ0) is 15.8. The summed E-state index contributed by atoms with van der Waals surface area (Å²) in [6.07, 6.45) is 2.64. The number of nitrogens with one attached hydrogen (secondary N) is 3. The minimum Gasteiger partial charge on any atom is -0.354 e. The van der Waals surface area contributed by atoms with Crippen LogP contribution in [0.25, 0.3) is 0 Å². The Morgan fingerprint density at radius 3 is 2.52 bits per heavy atom. The first-order chi connectivity index (χ1) is 10.6. The maximum atomic E-state index is 11.8. The molecular formula is C16H23Cl2N3O2. The summed E-state index contributed by atoms with van der Waals surface area (Å²) in [5.41, 5.74) is 0.560. The van der Waals surface area contributed by atoms with Gasteiger partial charge in [-0.15, -0.1) is 12.4 Å². The number of benzene rings is 1. The van der Waals surface area contributed by atoms with E-state index in [1.807, 2.05) is 0 Å². The number of carbonyl (C=O) groups excluding carboxylic acids is 2. The molecule has 1 aliphatic rings. The Morgan fingerprint density at radius 2 is 1.87 bits per heavy atom. The van der Waals surface area contributed by atoms with E-state index in [1.54, 1.807) is 24.3 Å². The summed E-state index contributed by atoms with van der Waals surface area (Å²) < 4.78 is 0. The number of rotatable bonds is 7. The Morgan fingerprint density at radius 1 is 1.17 bits per heavy atom. The van der Waals surface area contributed by atoms with Gasteiger partial charge in [-0.1, -0.05) is 11.6 Å². The summed E-state index contributed by atoms with van der Waals surface area (Å²) in [7, 11) is 0. The molecule has 1 fully saturated rings. The van der Waals surface area contributed by atoms with Crippen molar-refractivity contribution in [2.24, 2.45) is 5.92 Å². The third-order valence-electron chi connectivity index (χ3n) is 3.78. The third-order valence-corrected chi connectivity index (χ3v) is 4.03. The van der Waals surface area contributed by atoms with Gasteiger partial charge in [-0.05, 0) is 56.1 Å². The van der Waals surface area contributed by atoms with Gasteiger partial charge in [-0.2, -0.15) is 0 Å². The van der Waals surface area contributed by atoms with Crippen LogP contribution in [-0.2, 0) is 4.79 Å².